The highest BCUT2D eigenvalue weighted by Gasteiger charge is 2.37. The molecule has 1 aliphatic heterocycles. The van der Waals surface area contributed by atoms with E-state index in [1.54, 1.807) is 29.2 Å². The molecule has 1 aromatic heterocycles. The SMILES string of the molecule is N#Cc1c(C(N)=O)c2n(c1C1CC1)CCN(C(=O)Nc1ccc(Oc3ccc(F)cc3)cc1)C2. The van der Waals surface area contributed by atoms with Crippen LogP contribution in [0.3, 0.4) is 0 Å². The van der Waals surface area contributed by atoms with Gasteiger partial charge in [0, 0.05) is 30.4 Å². The van der Waals surface area contributed by atoms with Crippen molar-refractivity contribution in [3.05, 3.63) is 76.9 Å². The van der Waals surface area contributed by atoms with Crippen molar-refractivity contribution < 1.29 is 18.7 Å². The number of nitrogens with zero attached hydrogens (tertiary/aromatic N) is 3. The highest BCUT2D eigenvalue weighted by atomic mass is 19.1. The van der Waals surface area contributed by atoms with Gasteiger partial charge >= 0.3 is 6.03 Å². The molecule has 1 fully saturated rings. The van der Waals surface area contributed by atoms with Crippen molar-refractivity contribution in [2.45, 2.75) is 31.8 Å². The second kappa shape index (κ2) is 8.56. The van der Waals surface area contributed by atoms with Gasteiger partial charge < -0.3 is 25.3 Å². The first-order valence-electron chi connectivity index (χ1n) is 11.0. The summed E-state index contributed by atoms with van der Waals surface area (Å²) < 4.78 is 20.7. The topological polar surface area (TPSA) is 113 Å². The van der Waals surface area contributed by atoms with E-state index in [2.05, 4.69) is 11.4 Å². The molecule has 0 bridgehead atoms. The van der Waals surface area contributed by atoms with Crippen molar-refractivity contribution in [1.82, 2.24) is 9.47 Å². The average molecular weight is 459 g/mol. The Morgan fingerprint density at radius 2 is 1.71 bits per heavy atom. The lowest BCUT2D eigenvalue weighted by Gasteiger charge is -2.30. The highest BCUT2D eigenvalue weighted by Crippen LogP contribution is 2.44. The summed E-state index contributed by atoms with van der Waals surface area (Å²) in [6, 6.07) is 14.4. The Balaban J connectivity index is 1.29. The molecule has 1 aliphatic carbocycles. The Kier molecular flexibility index (Phi) is 5.42. The number of carbonyl (C=O) groups excluding carboxylic acids is 2. The van der Waals surface area contributed by atoms with Crippen molar-refractivity contribution in [3.63, 3.8) is 0 Å². The third-order valence-corrected chi connectivity index (χ3v) is 6.11. The van der Waals surface area contributed by atoms with E-state index < -0.39 is 5.91 Å². The zero-order chi connectivity index (χ0) is 23.8. The normalized spacial score (nSPS) is 14.8. The van der Waals surface area contributed by atoms with Gasteiger partial charge in [-0.2, -0.15) is 5.26 Å². The van der Waals surface area contributed by atoms with Crippen molar-refractivity contribution in [1.29, 1.82) is 5.26 Å². The molecule has 5 rings (SSSR count). The van der Waals surface area contributed by atoms with Crippen LogP contribution < -0.4 is 15.8 Å². The van der Waals surface area contributed by atoms with Crippen LogP contribution in [-0.4, -0.2) is 28.0 Å². The minimum atomic E-state index is -0.647. The van der Waals surface area contributed by atoms with Crippen LogP contribution in [0.1, 0.15) is 46.1 Å². The molecule has 3 N–H and O–H groups in total. The number of primary amides is 1. The standard InChI is InChI=1S/C25H22FN5O3/c26-16-3-7-18(8-4-16)34-19-9-5-17(6-10-19)29-25(33)30-11-12-31-21(14-30)22(24(28)32)20(13-27)23(31)15-1-2-15/h3-10,15H,1-2,11-12,14H2,(H2,28,32)(H,29,33). The third-order valence-electron chi connectivity index (χ3n) is 6.11. The molecule has 1 saturated carbocycles. The second-order valence-electron chi connectivity index (χ2n) is 8.42. The average Bonchev–Trinajstić information content (AvgIpc) is 3.61. The number of nitrogens with two attached hydrogens (primary N) is 1. The summed E-state index contributed by atoms with van der Waals surface area (Å²) in [4.78, 5) is 26.7. The molecule has 8 nitrogen and oxygen atoms in total. The number of amides is 3. The van der Waals surface area contributed by atoms with Gasteiger partial charge in [-0.3, -0.25) is 4.79 Å². The fourth-order valence-electron chi connectivity index (χ4n) is 4.37. The van der Waals surface area contributed by atoms with Gasteiger partial charge in [-0.05, 0) is 61.4 Å². The molecule has 0 unspecified atom stereocenters. The summed E-state index contributed by atoms with van der Waals surface area (Å²) in [6.45, 7) is 1.14. The molecule has 2 aliphatic rings. The molecule has 2 aromatic carbocycles. The number of aromatic nitrogens is 1. The Morgan fingerprint density at radius 3 is 2.29 bits per heavy atom. The van der Waals surface area contributed by atoms with Crippen LogP contribution in [0.4, 0.5) is 14.9 Å². The summed E-state index contributed by atoms with van der Waals surface area (Å²) in [5, 5.41) is 12.5. The number of nitrogens with one attached hydrogen (secondary N) is 1. The van der Waals surface area contributed by atoms with E-state index in [0.717, 1.165) is 18.5 Å². The number of halogens is 1. The van der Waals surface area contributed by atoms with Gasteiger partial charge in [-0.15, -0.1) is 0 Å². The van der Waals surface area contributed by atoms with Gasteiger partial charge in [0.15, 0.2) is 0 Å². The van der Waals surface area contributed by atoms with Crippen LogP contribution >= 0.6 is 0 Å². The zero-order valence-corrected chi connectivity index (χ0v) is 18.3. The molecule has 0 radical (unpaired) electrons. The minimum absolute atomic E-state index is 0.192. The van der Waals surface area contributed by atoms with Gasteiger partial charge in [0.25, 0.3) is 5.91 Å². The first-order valence-corrected chi connectivity index (χ1v) is 11.0. The maximum atomic E-state index is 13.0. The minimum Gasteiger partial charge on any atom is -0.457 e. The van der Waals surface area contributed by atoms with Crippen molar-refractivity contribution in [2.75, 3.05) is 11.9 Å². The van der Waals surface area contributed by atoms with Gasteiger partial charge in [-0.1, -0.05) is 0 Å². The lowest BCUT2D eigenvalue weighted by molar-refractivity contribution is 0.0996. The first-order chi connectivity index (χ1) is 16.4. The largest absolute Gasteiger partial charge is 0.457 e. The number of rotatable bonds is 5. The zero-order valence-electron chi connectivity index (χ0n) is 18.3. The lowest BCUT2D eigenvalue weighted by atomic mass is 10.1. The fourth-order valence-corrected chi connectivity index (χ4v) is 4.37. The summed E-state index contributed by atoms with van der Waals surface area (Å²) in [5.74, 6) is 0.333. The predicted molar refractivity (Wildman–Crippen MR) is 122 cm³/mol. The molecule has 34 heavy (non-hydrogen) atoms. The Morgan fingerprint density at radius 1 is 1.06 bits per heavy atom. The van der Waals surface area contributed by atoms with E-state index in [1.807, 2.05) is 4.57 Å². The molecule has 172 valence electrons. The van der Waals surface area contributed by atoms with E-state index in [0.29, 0.717) is 41.5 Å². The number of ether oxygens (including phenoxy) is 1. The van der Waals surface area contributed by atoms with E-state index in [-0.39, 0.29) is 29.9 Å². The van der Waals surface area contributed by atoms with Crippen LogP contribution in [-0.2, 0) is 13.1 Å². The Bertz CT molecular complexity index is 1300. The van der Waals surface area contributed by atoms with Crippen molar-refractivity contribution in [3.8, 4) is 17.6 Å². The van der Waals surface area contributed by atoms with E-state index in [4.69, 9.17) is 10.5 Å². The van der Waals surface area contributed by atoms with Crippen molar-refractivity contribution in [2.24, 2.45) is 5.73 Å². The molecular weight excluding hydrogens is 437 g/mol. The van der Waals surface area contributed by atoms with Gasteiger partial charge in [0.05, 0.1) is 23.4 Å². The highest BCUT2D eigenvalue weighted by molar-refractivity contribution is 5.98. The third kappa shape index (κ3) is 4.06. The molecule has 3 aromatic rings. The predicted octanol–water partition coefficient (Wildman–Crippen LogP) is 4.32. The second-order valence-corrected chi connectivity index (χ2v) is 8.42. The Labute approximate surface area is 195 Å². The van der Waals surface area contributed by atoms with Gasteiger partial charge in [0.2, 0.25) is 0 Å². The van der Waals surface area contributed by atoms with E-state index in [9.17, 15) is 19.2 Å². The summed E-state index contributed by atoms with van der Waals surface area (Å²) in [7, 11) is 0. The quantitative estimate of drug-likeness (QED) is 0.592. The van der Waals surface area contributed by atoms with Gasteiger partial charge in [0.1, 0.15) is 23.4 Å². The number of urea groups is 1. The smallest absolute Gasteiger partial charge is 0.322 e. The fraction of sp³-hybridized carbons (Fsp3) is 0.240. The van der Waals surface area contributed by atoms with Crippen LogP contribution in [0, 0.1) is 17.1 Å². The number of benzene rings is 2. The van der Waals surface area contributed by atoms with Crippen molar-refractivity contribution >= 4 is 17.6 Å². The van der Waals surface area contributed by atoms with E-state index in [1.165, 1.54) is 24.3 Å². The molecule has 3 amide bonds. The van der Waals surface area contributed by atoms with Crippen LogP contribution in [0.25, 0.3) is 0 Å². The number of hydrogen-bond donors (Lipinski definition) is 2. The maximum Gasteiger partial charge on any atom is 0.322 e. The monoisotopic (exact) mass is 459 g/mol. The molecular formula is C25H22FN5O3. The summed E-state index contributed by atoms with van der Waals surface area (Å²) in [6.07, 6.45) is 1.98. The van der Waals surface area contributed by atoms with Gasteiger partial charge in [-0.25, -0.2) is 9.18 Å². The number of fused-ring (bicyclic) bond motifs is 1. The van der Waals surface area contributed by atoms with Crippen LogP contribution in [0.15, 0.2) is 48.5 Å². The number of hydrogen-bond acceptors (Lipinski definition) is 4. The number of nitriles is 1. The van der Waals surface area contributed by atoms with Crippen LogP contribution in [0.5, 0.6) is 11.5 Å². The van der Waals surface area contributed by atoms with E-state index >= 15 is 0 Å². The molecule has 0 saturated heterocycles. The van der Waals surface area contributed by atoms with Crippen LogP contribution in [0.2, 0.25) is 0 Å². The number of carbonyl (C=O) groups is 2. The molecule has 2 heterocycles. The lowest BCUT2D eigenvalue weighted by Crippen LogP contribution is -2.41. The maximum absolute atomic E-state index is 13.0. The first kappa shape index (κ1) is 21.5. The molecule has 0 atom stereocenters. The number of anilines is 1. The summed E-state index contributed by atoms with van der Waals surface area (Å²) >= 11 is 0. The molecule has 0 spiro atoms. The Hall–Kier alpha value is -4.32. The summed E-state index contributed by atoms with van der Waals surface area (Å²) in [5.41, 5.74) is 8.27. The molecule has 9 heteroatoms.